The van der Waals surface area contributed by atoms with Crippen LogP contribution in [0.5, 0.6) is 0 Å². The normalized spacial score (nSPS) is 11.9. The zero-order valence-electron chi connectivity index (χ0n) is 11.4. The van der Waals surface area contributed by atoms with E-state index in [-0.39, 0.29) is 11.4 Å². The number of sulfonamides is 1. The van der Waals surface area contributed by atoms with E-state index in [0.29, 0.717) is 24.4 Å². The van der Waals surface area contributed by atoms with Gasteiger partial charge in [-0.15, -0.1) is 0 Å². The highest BCUT2D eigenvalue weighted by Crippen LogP contribution is 2.17. The van der Waals surface area contributed by atoms with E-state index in [0.717, 1.165) is 5.82 Å². The molecule has 2 heterocycles. The van der Waals surface area contributed by atoms with E-state index in [9.17, 15) is 8.42 Å². The maximum Gasteiger partial charge on any atom is 0.244 e. The summed E-state index contributed by atoms with van der Waals surface area (Å²) in [6.45, 7) is 2.35. The predicted molar refractivity (Wildman–Crippen MR) is 73.6 cm³/mol. The molecule has 2 rings (SSSR count). The number of aryl methyl sites for hydroxylation is 1. The van der Waals surface area contributed by atoms with E-state index in [1.165, 1.54) is 0 Å². The average molecular weight is 298 g/mol. The summed E-state index contributed by atoms with van der Waals surface area (Å²) in [6.07, 6.45) is 3.84. The zero-order valence-corrected chi connectivity index (χ0v) is 12.2. The SMILES string of the molecule is CNCc1n[nH]c(C)c1S(=O)(=O)NCCc1ncc[nH]1. The van der Waals surface area contributed by atoms with Gasteiger partial charge < -0.3 is 10.3 Å². The van der Waals surface area contributed by atoms with Crippen LogP contribution in [0.25, 0.3) is 0 Å². The lowest BCUT2D eigenvalue weighted by Gasteiger charge is -2.07. The van der Waals surface area contributed by atoms with Gasteiger partial charge in [-0.05, 0) is 14.0 Å². The molecule has 0 saturated heterocycles. The van der Waals surface area contributed by atoms with Gasteiger partial charge >= 0.3 is 0 Å². The zero-order chi connectivity index (χ0) is 14.6. The summed E-state index contributed by atoms with van der Waals surface area (Å²) in [5, 5.41) is 9.61. The molecule has 0 amide bonds. The van der Waals surface area contributed by atoms with Gasteiger partial charge in [0.15, 0.2) is 0 Å². The van der Waals surface area contributed by atoms with Crippen LogP contribution in [0.4, 0.5) is 0 Å². The number of imidazole rings is 1. The highest BCUT2D eigenvalue weighted by Gasteiger charge is 2.23. The van der Waals surface area contributed by atoms with Gasteiger partial charge in [-0.2, -0.15) is 5.10 Å². The van der Waals surface area contributed by atoms with Gasteiger partial charge in [-0.3, -0.25) is 5.10 Å². The third kappa shape index (κ3) is 3.24. The van der Waals surface area contributed by atoms with Crippen LogP contribution < -0.4 is 10.0 Å². The largest absolute Gasteiger partial charge is 0.349 e. The Hall–Kier alpha value is -1.71. The molecule has 20 heavy (non-hydrogen) atoms. The molecular formula is C11H18N6O2S. The Morgan fingerprint density at radius 3 is 2.85 bits per heavy atom. The number of hydrogen-bond acceptors (Lipinski definition) is 5. The fourth-order valence-corrected chi connectivity index (χ4v) is 3.32. The van der Waals surface area contributed by atoms with Gasteiger partial charge in [-0.25, -0.2) is 18.1 Å². The highest BCUT2D eigenvalue weighted by atomic mass is 32.2. The van der Waals surface area contributed by atoms with Crippen molar-refractivity contribution in [2.24, 2.45) is 0 Å². The first-order valence-electron chi connectivity index (χ1n) is 6.21. The van der Waals surface area contributed by atoms with Crippen molar-refractivity contribution in [1.29, 1.82) is 0 Å². The van der Waals surface area contributed by atoms with E-state index in [1.54, 1.807) is 26.4 Å². The predicted octanol–water partition coefficient (Wildman–Crippen LogP) is -0.318. The second-order valence-corrected chi connectivity index (χ2v) is 6.04. The van der Waals surface area contributed by atoms with Crippen molar-refractivity contribution in [2.45, 2.75) is 24.8 Å². The van der Waals surface area contributed by atoms with Gasteiger partial charge in [0, 0.05) is 31.9 Å². The van der Waals surface area contributed by atoms with Crippen LogP contribution in [0.2, 0.25) is 0 Å². The molecule has 0 aromatic carbocycles. The van der Waals surface area contributed by atoms with Crippen molar-refractivity contribution in [3.05, 3.63) is 29.6 Å². The number of hydrogen-bond donors (Lipinski definition) is 4. The fraction of sp³-hybridized carbons (Fsp3) is 0.455. The molecule has 0 aliphatic carbocycles. The number of nitrogens with zero attached hydrogens (tertiary/aromatic N) is 2. The van der Waals surface area contributed by atoms with Crippen LogP contribution in [0, 0.1) is 6.92 Å². The van der Waals surface area contributed by atoms with Gasteiger partial charge in [-0.1, -0.05) is 0 Å². The molecule has 4 N–H and O–H groups in total. The third-order valence-corrected chi connectivity index (χ3v) is 4.45. The lowest BCUT2D eigenvalue weighted by Crippen LogP contribution is -2.28. The van der Waals surface area contributed by atoms with Gasteiger partial charge in [0.25, 0.3) is 0 Å². The molecule has 0 saturated carbocycles. The van der Waals surface area contributed by atoms with E-state index >= 15 is 0 Å². The molecule has 2 aromatic rings. The molecule has 0 unspecified atom stereocenters. The van der Waals surface area contributed by atoms with Gasteiger partial charge in [0.2, 0.25) is 10.0 Å². The Balaban J connectivity index is 2.08. The molecule has 0 radical (unpaired) electrons. The van der Waals surface area contributed by atoms with Gasteiger partial charge in [0.05, 0.1) is 11.4 Å². The Kier molecular flexibility index (Phi) is 4.53. The third-order valence-electron chi connectivity index (χ3n) is 2.78. The lowest BCUT2D eigenvalue weighted by atomic mass is 10.4. The quantitative estimate of drug-likeness (QED) is 0.559. The summed E-state index contributed by atoms with van der Waals surface area (Å²) in [4.78, 5) is 7.19. The van der Waals surface area contributed by atoms with Crippen LogP contribution in [0.1, 0.15) is 17.2 Å². The van der Waals surface area contributed by atoms with Crippen LogP contribution >= 0.6 is 0 Å². The Bertz CT molecular complexity index is 647. The monoisotopic (exact) mass is 298 g/mol. The molecule has 0 fully saturated rings. The minimum Gasteiger partial charge on any atom is -0.349 e. The topological polar surface area (TPSA) is 116 Å². The minimum atomic E-state index is -3.58. The molecular weight excluding hydrogens is 280 g/mol. The van der Waals surface area contributed by atoms with E-state index in [2.05, 4.69) is 30.2 Å². The molecule has 9 heteroatoms. The number of rotatable bonds is 7. The maximum atomic E-state index is 12.3. The summed E-state index contributed by atoms with van der Waals surface area (Å²) in [6, 6.07) is 0. The molecule has 2 aromatic heterocycles. The van der Waals surface area contributed by atoms with Crippen LogP contribution in [0.15, 0.2) is 17.3 Å². The van der Waals surface area contributed by atoms with Crippen molar-refractivity contribution in [2.75, 3.05) is 13.6 Å². The lowest BCUT2D eigenvalue weighted by molar-refractivity contribution is 0.578. The molecule has 8 nitrogen and oxygen atoms in total. The first kappa shape index (κ1) is 14.7. The van der Waals surface area contributed by atoms with Crippen molar-refractivity contribution >= 4 is 10.0 Å². The first-order valence-corrected chi connectivity index (χ1v) is 7.69. The van der Waals surface area contributed by atoms with Crippen molar-refractivity contribution in [1.82, 2.24) is 30.2 Å². The second-order valence-electron chi connectivity index (χ2n) is 4.34. The number of aromatic nitrogens is 4. The Morgan fingerprint density at radius 2 is 2.20 bits per heavy atom. The fourth-order valence-electron chi connectivity index (χ4n) is 1.92. The average Bonchev–Trinajstić information content (AvgIpc) is 3.00. The highest BCUT2D eigenvalue weighted by molar-refractivity contribution is 7.89. The van der Waals surface area contributed by atoms with Crippen molar-refractivity contribution in [3.63, 3.8) is 0 Å². The summed E-state index contributed by atoms with van der Waals surface area (Å²) < 4.78 is 27.2. The van der Waals surface area contributed by atoms with Crippen molar-refractivity contribution < 1.29 is 8.42 Å². The van der Waals surface area contributed by atoms with Crippen LogP contribution in [-0.2, 0) is 23.0 Å². The number of aromatic amines is 2. The van der Waals surface area contributed by atoms with Crippen molar-refractivity contribution in [3.8, 4) is 0 Å². The second kappa shape index (κ2) is 6.16. The van der Waals surface area contributed by atoms with E-state index in [1.807, 2.05) is 0 Å². The molecule has 0 bridgehead atoms. The first-order chi connectivity index (χ1) is 9.54. The summed E-state index contributed by atoms with van der Waals surface area (Å²) >= 11 is 0. The van der Waals surface area contributed by atoms with Crippen LogP contribution in [0.3, 0.4) is 0 Å². The molecule has 0 spiro atoms. The number of nitrogens with one attached hydrogen (secondary N) is 4. The van der Waals surface area contributed by atoms with Crippen LogP contribution in [-0.4, -0.2) is 42.2 Å². The maximum absolute atomic E-state index is 12.3. The van der Waals surface area contributed by atoms with Gasteiger partial charge in [0.1, 0.15) is 10.7 Å². The van der Waals surface area contributed by atoms with E-state index in [4.69, 9.17) is 0 Å². The summed E-state index contributed by atoms with van der Waals surface area (Å²) in [7, 11) is -1.84. The molecule has 0 aliphatic heterocycles. The Labute approximate surface area is 117 Å². The minimum absolute atomic E-state index is 0.214. The van der Waals surface area contributed by atoms with E-state index < -0.39 is 10.0 Å². The molecule has 0 aliphatic rings. The number of H-pyrrole nitrogens is 2. The standard InChI is InChI=1S/C11H18N6O2S/c1-8-11(9(7-12-2)17-16-8)20(18,19)15-4-3-10-13-5-6-14-10/h5-6,12,15H,3-4,7H2,1-2H3,(H,13,14)(H,16,17). The smallest absolute Gasteiger partial charge is 0.244 e. The molecule has 0 atom stereocenters. The molecule has 110 valence electrons. The summed E-state index contributed by atoms with van der Waals surface area (Å²) in [5.74, 6) is 0.743. The Morgan fingerprint density at radius 1 is 1.40 bits per heavy atom. The summed E-state index contributed by atoms with van der Waals surface area (Å²) in [5.41, 5.74) is 1.01.